The number of carbonyl (C=O) groups is 1. The highest BCUT2D eigenvalue weighted by atomic mass is 16.1. The molecule has 0 aromatic carbocycles. The smallest absolute Gasteiger partial charge is 0.221 e. The van der Waals surface area contributed by atoms with Gasteiger partial charge >= 0.3 is 0 Å². The van der Waals surface area contributed by atoms with Crippen LogP contribution in [0.25, 0.3) is 0 Å². The highest BCUT2D eigenvalue weighted by Crippen LogP contribution is 2.26. The third-order valence-corrected chi connectivity index (χ3v) is 7.79. The van der Waals surface area contributed by atoms with Crippen molar-refractivity contribution < 1.29 is 9.28 Å². The Labute approximate surface area is 212 Å². The number of allylic oxidation sites excluding steroid dienone is 2. The summed E-state index contributed by atoms with van der Waals surface area (Å²) in [7, 11) is 0. The lowest BCUT2D eigenvalue weighted by Gasteiger charge is -2.42. The molecule has 0 spiro atoms. The van der Waals surface area contributed by atoms with E-state index < -0.39 is 0 Å². The number of rotatable bonds is 22. The SMILES string of the molecule is CCCCCCCCCCCCCCCC/C=C/CCCC1N=CC[N+]1(CC)C(C)NC(C)=O. The van der Waals surface area contributed by atoms with Crippen LogP contribution in [0.2, 0.25) is 0 Å². The number of aliphatic imine (C=N–C) groups is 1. The minimum absolute atomic E-state index is 0.0514. The van der Waals surface area contributed by atoms with Crippen molar-refractivity contribution in [3.63, 3.8) is 0 Å². The Kier molecular flexibility index (Phi) is 18.2. The van der Waals surface area contributed by atoms with E-state index in [1.165, 1.54) is 103 Å². The van der Waals surface area contributed by atoms with E-state index >= 15 is 0 Å². The van der Waals surface area contributed by atoms with Crippen molar-refractivity contribution in [3.05, 3.63) is 12.2 Å². The summed E-state index contributed by atoms with van der Waals surface area (Å²) in [5, 5.41) is 3.11. The normalized spacial score (nSPS) is 20.9. The van der Waals surface area contributed by atoms with E-state index in [1.807, 2.05) is 0 Å². The molecule has 34 heavy (non-hydrogen) atoms. The standard InChI is InChI=1S/C30H57N3O/c1-5-7-8-9-10-11-12-13-14-15-16-17-18-19-20-21-22-23-24-25-30-31-26-27-33(30,6-2)28(3)32-29(4)34/h21-22,26,28,30H,5-20,23-25,27H2,1-4H3/p+1/b22-21+. The quantitative estimate of drug-likeness (QED) is 0.0952. The monoisotopic (exact) mass is 476 g/mol. The van der Waals surface area contributed by atoms with Crippen molar-refractivity contribution in [2.45, 2.75) is 156 Å². The second-order valence-corrected chi connectivity index (χ2v) is 10.6. The van der Waals surface area contributed by atoms with Gasteiger partial charge in [0.15, 0.2) is 12.3 Å². The minimum Gasteiger partial charge on any atom is -0.307 e. The van der Waals surface area contributed by atoms with Crippen molar-refractivity contribution in [2.24, 2.45) is 4.99 Å². The molecule has 1 aliphatic heterocycles. The van der Waals surface area contributed by atoms with Crippen LogP contribution in [0.15, 0.2) is 17.1 Å². The number of amides is 1. The van der Waals surface area contributed by atoms with Gasteiger partial charge in [-0.2, -0.15) is 0 Å². The van der Waals surface area contributed by atoms with Crippen molar-refractivity contribution >= 4 is 12.1 Å². The molecule has 1 aliphatic rings. The summed E-state index contributed by atoms with van der Waals surface area (Å²) in [6.45, 7) is 10.2. The predicted octanol–water partition coefficient (Wildman–Crippen LogP) is 8.31. The van der Waals surface area contributed by atoms with Gasteiger partial charge in [0.25, 0.3) is 0 Å². The summed E-state index contributed by atoms with van der Waals surface area (Å²) >= 11 is 0. The molecule has 1 rings (SSSR count). The Morgan fingerprint density at radius 2 is 1.38 bits per heavy atom. The lowest BCUT2D eigenvalue weighted by Crippen LogP contribution is -2.63. The van der Waals surface area contributed by atoms with Crippen LogP contribution in [0.4, 0.5) is 0 Å². The average Bonchev–Trinajstić information content (AvgIpc) is 3.24. The van der Waals surface area contributed by atoms with E-state index in [4.69, 9.17) is 4.99 Å². The van der Waals surface area contributed by atoms with Gasteiger partial charge in [0.2, 0.25) is 5.91 Å². The maximum Gasteiger partial charge on any atom is 0.221 e. The maximum atomic E-state index is 11.5. The van der Waals surface area contributed by atoms with E-state index in [0.717, 1.165) is 30.4 Å². The first-order valence-corrected chi connectivity index (χ1v) is 14.9. The number of nitrogens with zero attached hydrogens (tertiary/aromatic N) is 2. The molecule has 4 heteroatoms. The number of nitrogens with one attached hydrogen (secondary N) is 1. The molecule has 3 unspecified atom stereocenters. The van der Waals surface area contributed by atoms with E-state index in [0.29, 0.717) is 0 Å². The lowest BCUT2D eigenvalue weighted by molar-refractivity contribution is -0.959. The van der Waals surface area contributed by atoms with Crippen LogP contribution in [0.1, 0.15) is 143 Å². The van der Waals surface area contributed by atoms with E-state index in [1.54, 1.807) is 6.92 Å². The minimum atomic E-state index is 0.0514. The molecule has 0 saturated carbocycles. The van der Waals surface area contributed by atoms with Crippen molar-refractivity contribution in [1.82, 2.24) is 5.32 Å². The first-order valence-electron chi connectivity index (χ1n) is 14.9. The predicted molar refractivity (Wildman–Crippen MR) is 149 cm³/mol. The van der Waals surface area contributed by atoms with E-state index in [-0.39, 0.29) is 18.2 Å². The van der Waals surface area contributed by atoms with Crippen molar-refractivity contribution in [3.8, 4) is 0 Å². The number of hydrogen-bond donors (Lipinski definition) is 1. The summed E-state index contributed by atoms with van der Waals surface area (Å²) in [6.07, 6.45) is 31.8. The number of hydrogen-bond acceptors (Lipinski definition) is 2. The zero-order chi connectivity index (χ0) is 24.9. The van der Waals surface area contributed by atoms with Crippen LogP contribution >= 0.6 is 0 Å². The first-order chi connectivity index (χ1) is 16.6. The zero-order valence-corrected chi connectivity index (χ0v) is 23.3. The molecule has 0 aromatic heterocycles. The summed E-state index contributed by atoms with van der Waals surface area (Å²) in [6, 6.07) is 0. The molecule has 0 saturated heterocycles. The number of unbranched alkanes of at least 4 members (excludes halogenated alkanes) is 15. The van der Waals surface area contributed by atoms with Gasteiger partial charge < -0.3 is 5.32 Å². The second kappa shape index (κ2) is 20.1. The third kappa shape index (κ3) is 13.1. The molecule has 0 aliphatic carbocycles. The Balaban J connectivity index is 1.97. The van der Waals surface area contributed by atoms with Gasteiger partial charge in [-0.1, -0.05) is 103 Å². The zero-order valence-electron chi connectivity index (χ0n) is 23.3. The van der Waals surface area contributed by atoms with E-state index in [2.05, 4.69) is 44.5 Å². The fraction of sp³-hybridized carbons (Fsp3) is 0.867. The van der Waals surface area contributed by atoms with Crippen LogP contribution in [0.3, 0.4) is 0 Å². The molecule has 0 aromatic rings. The molecule has 4 nitrogen and oxygen atoms in total. The van der Waals surface area contributed by atoms with Gasteiger partial charge in [0.05, 0.1) is 12.8 Å². The molecular weight excluding hydrogens is 418 g/mol. The second-order valence-electron chi connectivity index (χ2n) is 10.6. The van der Waals surface area contributed by atoms with Gasteiger partial charge in [-0.25, -0.2) is 4.99 Å². The topological polar surface area (TPSA) is 41.5 Å². The van der Waals surface area contributed by atoms with Gasteiger partial charge in [-0.15, -0.1) is 0 Å². The molecule has 0 fully saturated rings. The van der Waals surface area contributed by atoms with Crippen LogP contribution in [0, 0.1) is 0 Å². The van der Waals surface area contributed by atoms with Crippen molar-refractivity contribution in [1.29, 1.82) is 0 Å². The molecule has 1 N–H and O–H groups in total. The molecule has 1 heterocycles. The van der Waals surface area contributed by atoms with Crippen molar-refractivity contribution in [2.75, 3.05) is 13.1 Å². The largest absolute Gasteiger partial charge is 0.307 e. The Morgan fingerprint density at radius 1 is 0.882 bits per heavy atom. The molecule has 3 atom stereocenters. The fourth-order valence-corrected chi connectivity index (χ4v) is 5.47. The van der Waals surface area contributed by atoms with Gasteiger partial charge in [-0.3, -0.25) is 9.28 Å². The number of quaternary nitrogens is 1. The molecule has 1 amide bonds. The summed E-state index contributed by atoms with van der Waals surface area (Å²) in [5.41, 5.74) is 0. The fourth-order valence-electron chi connectivity index (χ4n) is 5.47. The summed E-state index contributed by atoms with van der Waals surface area (Å²) < 4.78 is 0.863. The first kappa shape index (κ1) is 30.9. The third-order valence-electron chi connectivity index (χ3n) is 7.79. The average molecular weight is 477 g/mol. The highest BCUT2D eigenvalue weighted by molar-refractivity contribution is 5.73. The molecule has 0 bridgehead atoms. The van der Waals surface area contributed by atoms with Gasteiger partial charge in [0.1, 0.15) is 6.54 Å². The lowest BCUT2D eigenvalue weighted by atomic mass is 10.0. The number of carbonyl (C=O) groups excluding carboxylic acids is 1. The molecular formula is C30H58N3O+. The maximum absolute atomic E-state index is 11.5. The molecule has 198 valence electrons. The summed E-state index contributed by atoms with van der Waals surface area (Å²) in [5.74, 6) is 0.0514. The van der Waals surface area contributed by atoms with Gasteiger partial charge in [-0.05, 0) is 32.6 Å². The Hall–Kier alpha value is -1.16. The van der Waals surface area contributed by atoms with Crippen LogP contribution in [0.5, 0.6) is 0 Å². The highest BCUT2D eigenvalue weighted by Gasteiger charge is 2.42. The van der Waals surface area contributed by atoms with Crippen LogP contribution < -0.4 is 5.32 Å². The van der Waals surface area contributed by atoms with Crippen LogP contribution in [-0.2, 0) is 4.79 Å². The van der Waals surface area contributed by atoms with Gasteiger partial charge in [0, 0.05) is 20.3 Å². The van der Waals surface area contributed by atoms with E-state index in [9.17, 15) is 4.79 Å². The Bertz CT molecular complexity index is 559. The Morgan fingerprint density at radius 3 is 1.88 bits per heavy atom. The molecule has 0 radical (unpaired) electrons. The van der Waals surface area contributed by atoms with Crippen LogP contribution in [-0.4, -0.2) is 42.0 Å². The summed E-state index contributed by atoms with van der Waals surface area (Å²) in [4.78, 5) is 16.3.